The number of carbonyl (C=O) groups is 2. The van der Waals surface area contributed by atoms with E-state index in [4.69, 9.17) is 0 Å². The van der Waals surface area contributed by atoms with Crippen LogP contribution in [0.5, 0.6) is 0 Å². The van der Waals surface area contributed by atoms with E-state index < -0.39 is 0 Å². The van der Waals surface area contributed by atoms with Crippen molar-refractivity contribution in [2.24, 2.45) is 11.8 Å². The Morgan fingerprint density at radius 2 is 1.75 bits per heavy atom. The number of nitrogens with one attached hydrogen (secondary N) is 1. The summed E-state index contributed by atoms with van der Waals surface area (Å²) in [5.74, 6) is -0.469. The number of amides is 1. The summed E-state index contributed by atoms with van der Waals surface area (Å²) in [5, 5.41) is 2.60. The molecule has 16 heavy (non-hydrogen) atoms. The monoisotopic (exact) mass is 230 g/mol. The lowest BCUT2D eigenvalue weighted by Crippen LogP contribution is -2.37. The molecule has 0 saturated carbocycles. The van der Waals surface area contributed by atoms with Gasteiger partial charge in [0.1, 0.15) is 0 Å². The van der Waals surface area contributed by atoms with Crippen LogP contribution in [0.4, 0.5) is 0 Å². The smallest absolute Gasteiger partial charge is 0.309 e. The third-order valence-corrected chi connectivity index (χ3v) is 2.47. The van der Waals surface area contributed by atoms with Crippen molar-refractivity contribution < 1.29 is 14.3 Å². The largest absolute Gasteiger partial charge is 0.469 e. The Balaban J connectivity index is 4.03. The van der Waals surface area contributed by atoms with Crippen LogP contribution in [0.1, 0.15) is 13.8 Å². The normalized spacial score (nSPS) is 14.4. The van der Waals surface area contributed by atoms with Crippen molar-refractivity contribution in [2.45, 2.75) is 13.8 Å². The minimum atomic E-state index is -0.223. The van der Waals surface area contributed by atoms with Crippen molar-refractivity contribution in [3.63, 3.8) is 0 Å². The van der Waals surface area contributed by atoms with Crippen LogP contribution >= 0.6 is 0 Å². The predicted octanol–water partition coefficient (Wildman–Crippen LogP) is 0.109. The molecule has 0 aliphatic carbocycles. The number of nitrogens with zero attached hydrogens (tertiary/aromatic N) is 1. The molecular weight excluding hydrogens is 208 g/mol. The molecule has 0 radical (unpaired) electrons. The highest BCUT2D eigenvalue weighted by atomic mass is 16.5. The second kappa shape index (κ2) is 7.22. The molecule has 1 N–H and O–H groups in total. The summed E-state index contributed by atoms with van der Waals surface area (Å²) < 4.78 is 4.64. The Hall–Kier alpha value is -1.10. The minimum Gasteiger partial charge on any atom is -0.469 e. The van der Waals surface area contributed by atoms with Crippen LogP contribution in [0.2, 0.25) is 0 Å². The highest BCUT2D eigenvalue weighted by Gasteiger charge is 2.18. The van der Waals surface area contributed by atoms with Crippen LogP contribution in [0, 0.1) is 11.8 Å². The minimum absolute atomic E-state index is 0.0116. The molecule has 2 atom stereocenters. The molecule has 0 rings (SSSR count). The maximum atomic E-state index is 11.3. The molecule has 0 aromatic heterocycles. The Labute approximate surface area is 97.1 Å². The summed E-state index contributed by atoms with van der Waals surface area (Å²) in [6, 6.07) is 0. The summed E-state index contributed by atoms with van der Waals surface area (Å²) in [6.45, 7) is 4.89. The molecule has 0 aliphatic heterocycles. The first-order valence-corrected chi connectivity index (χ1v) is 5.40. The van der Waals surface area contributed by atoms with Crippen molar-refractivity contribution in [3.8, 4) is 0 Å². The van der Waals surface area contributed by atoms with E-state index in [1.807, 2.05) is 25.8 Å². The van der Waals surface area contributed by atoms with E-state index in [0.29, 0.717) is 13.1 Å². The van der Waals surface area contributed by atoms with Gasteiger partial charge in [0, 0.05) is 26.1 Å². The van der Waals surface area contributed by atoms with Crippen LogP contribution in [-0.2, 0) is 14.3 Å². The quantitative estimate of drug-likeness (QED) is 0.658. The number of ether oxygens (including phenoxy) is 1. The number of hydrogen-bond donors (Lipinski definition) is 1. The fraction of sp³-hybridized carbons (Fsp3) is 0.818. The Morgan fingerprint density at radius 3 is 2.19 bits per heavy atom. The lowest BCUT2D eigenvalue weighted by molar-refractivity contribution is -0.145. The summed E-state index contributed by atoms with van der Waals surface area (Å²) in [5.41, 5.74) is 0. The molecule has 0 aromatic carbocycles. The van der Waals surface area contributed by atoms with Gasteiger partial charge in [0.15, 0.2) is 0 Å². The molecule has 0 saturated heterocycles. The lowest BCUT2D eigenvalue weighted by atomic mass is 10.1. The number of carbonyl (C=O) groups excluding carboxylic acids is 2. The molecule has 94 valence electrons. The average Bonchev–Trinajstić information content (AvgIpc) is 2.26. The van der Waals surface area contributed by atoms with Gasteiger partial charge in [-0.3, -0.25) is 9.59 Å². The first-order valence-electron chi connectivity index (χ1n) is 5.40. The van der Waals surface area contributed by atoms with E-state index in [-0.39, 0.29) is 23.7 Å². The number of esters is 1. The van der Waals surface area contributed by atoms with Gasteiger partial charge >= 0.3 is 5.97 Å². The third kappa shape index (κ3) is 5.11. The molecular formula is C11H22N2O3. The van der Waals surface area contributed by atoms with E-state index in [1.54, 1.807) is 7.05 Å². The number of hydrogen-bond acceptors (Lipinski definition) is 4. The van der Waals surface area contributed by atoms with Crippen LogP contribution in [0.25, 0.3) is 0 Å². The highest BCUT2D eigenvalue weighted by molar-refractivity contribution is 5.78. The molecule has 0 bridgehead atoms. The van der Waals surface area contributed by atoms with Gasteiger partial charge in [-0.1, -0.05) is 13.8 Å². The van der Waals surface area contributed by atoms with Crippen LogP contribution < -0.4 is 5.32 Å². The Bertz CT molecular complexity index is 219. The van der Waals surface area contributed by atoms with E-state index in [2.05, 4.69) is 10.1 Å². The zero-order valence-electron chi connectivity index (χ0n) is 10.7. The van der Waals surface area contributed by atoms with Crippen molar-refractivity contribution >= 4 is 11.9 Å². The molecule has 0 aromatic rings. The summed E-state index contributed by atoms with van der Waals surface area (Å²) in [4.78, 5) is 24.4. The maximum absolute atomic E-state index is 11.3. The molecule has 0 spiro atoms. The molecule has 2 unspecified atom stereocenters. The van der Waals surface area contributed by atoms with Gasteiger partial charge < -0.3 is 15.0 Å². The second-order valence-corrected chi connectivity index (χ2v) is 4.16. The van der Waals surface area contributed by atoms with Crippen molar-refractivity contribution in [1.29, 1.82) is 0 Å². The van der Waals surface area contributed by atoms with Crippen LogP contribution in [0.3, 0.4) is 0 Å². The summed E-state index contributed by atoms with van der Waals surface area (Å²) in [7, 11) is 4.89. The van der Waals surface area contributed by atoms with Crippen LogP contribution in [0.15, 0.2) is 0 Å². The SMILES string of the molecule is CNC(=O)C(C)CN(C)CC(C)C(=O)OC. The lowest BCUT2D eigenvalue weighted by Gasteiger charge is -2.22. The molecule has 0 fully saturated rings. The van der Waals surface area contributed by atoms with Gasteiger partial charge in [-0.15, -0.1) is 0 Å². The highest BCUT2D eigenvalue weighted by Crippen LogP contribution is 2.04. The molecule has 1 amide bonds. The first kappa shape index (κ1) is 14.9. The Kier molecular flexibility index (Phi) is 6.72. The molecule has 0 heterocycles. The van der Waals surface area contributed by atoms with Gasteiger partial charge in [-0.2, -0.15) is 0 Å². The average molecular weight is 230 g/mol. The van der Waals surface area contributed by atoms with E-state index in [1.165, 1.54) is 7.11 Å². The number of rotatable bonds is 6. The van der Waals surface area contributed by atoms with E-state index >= 15 is 0 Å². The topological polar surface area (TPSA) is 58.6 Å². The zero-order valence-corrected chi connectivity index (χ0v) is 10.7. The zero-order chi connectivity index (χ0) is 12.7. The summed E-state index contributed by atoms with van der Waals surface area (Å²) >= 11 is 0. The van der Waals surface area contributed by atoms with Crippen molar-refractivity contribution in [3.05, 3.63) is 0 Å². The van der Waals surface area contributed by atoms with Gasteiger partial charge in [0.2, 0.25) is 5.91 Å². The number of methoxy groups -OCH3 is 1. The van der Waals surface area contributed by atoms with Gasteiger partial charge in [-0.25, -0.2) is 0 Å². The van der Waals surface area contributed by atoms with Gasteiger partial charge in [-0.05, 0) is 7.05 Å². The summed E-state index contributed by atoms with van der Waals surface area (Å²) in [6.07, 6.45) is 0. The van der Waals surface area contributed by atoms with Crippen LogP contribution in [-0.4, -0.2) is 51.1 Å². The molecule has 0 aliphatic rings. The molecule has 5 heteroatoms. The van der Waals surface area contributed by atoms with Crippen molar-refractivity contribution in [1.82, 2.24) is 10.2 Å². The maximum Gasteiger partial charge on any atom is 0.309 e. The van der Waals surface area contributed by atoms with Gasteiger partial charge in [0.25, 0.3) is 0 Å². The van der Waals surface area contributed by atoms with Gasteiger partial charge in [0.05, 0.1) is 13.0 Å². The fourth-order valence-corrected chi connectivity index (χ4v) is 1.61. The standard InChI is InChI=1S/C11H22N2O3/c1-8(10(14)12-3)6-13(4)7-9(2)11(15)16-5/h8-9H,6-7H2,1-5H3,(H,12,14). The fourth-order valence-electron chi connectivity index (χ4n) is 1.61. The van der Waals surface area contributed by atoms with E-state index in [0.717, 1.165) is 0 Å². The second-order valence-electron chi connectivity index (χ2n) is 4.16. The predicted molar refractivity (Wildman–Crippen MR) is 61.9 cm³/mol. The van der Waals surface area contributed by atoms with Crippen molar-refractivity contribution in [2.75, 3.05) is 34.3 Å². The third-order valence-electron chi connectivity index (χ3n) is 2.47. The first-order chi connectivity index (χ1) is 7.42. The Morgan fingerprint density at radius 1 is 1.25 bits per heavy atom. The van der Waals surface area contributed by atoms with E-state index in [9.17, 15) is 9.59 Å². The molecule has 5 nitrogen and oxygen atoms in total.